The van der Waals surface area contributed by atoms with Crippen LogP contribution in [0, 0.1) is 10.1 Å². The smallest absolute Gasteiger partial charge is 0.271 e. The van der Waals surface area contributed by atoms with E-state index in [0.29, 0.717) is 16.5 Å². The van der Waals surface area contributed by atoms with E-state index in [1.807, 2.05) is 0 Å². The Labute approximate surface area is 135 Å². The molecule has 0 N–H and O–H groups in total. The Kier molecular flexibility index (Phi) is 3.87. The van der Waals surface area contributed by atoms with Crippen molar-refractivity contribution in [2.75, 3.05) is 0 Å². The molecule has 0 fully saturated rings. The lowest BCUT2D eigenvalue weighted by atomic mass is 10.3. The van der Waals surface area contributed by atoms with Crippen LogP contribution in [-0.2, 0) is 6.61 Å². The summed E-state index contributed by atoms with van der Waals surface area (Å²) in [5.74, 6) is 0.363. The molecular formula is C14H9Cl2N3O3. The second-order valence-corrected chi connectivity index (χ2v) is 5.35. The minimum absolute atomic E-state index is 0.0836. The summed E-state index contributed by atoms with van der Waals surface area (Å²) in [6.07, 6.45) is 3.53. The molecule has 0 amide bonds. The molecular weight excluding hydrogens is 329 g/mol. The molecule has 0 unspecified atom stereocenters. The van der Waals surface area contributed by atoms with Gasteiger partial charge in [-0.15, -0.1) is 0 Å². The number of aromatic nitrogens is 2. The molecule has 2 heterocycles. The zero-order chi connectivity index (χ0) is 15.7. The van der Waals surface area contributed by atoms with Gasteiger partial charge in [-0.3, -0.25) is 10.1 Å². The Hall–Kier alpha value is -2.31. The van der Waals surface area contributed by atoms with Gasteiger partial charge in [0.05, 0.1) is 20.7 Å². The van der Waals surface area contributed by atoms with Crippen LogP contribution in [0.5, 0.6) is 5.75 Å². The molecule has 0 bridgehead atoms. The number of hydrogen-bond acceptors (Lipinski definition) is 4. The minimum atomic E-state index is -0.512. The maximum Gasteiger partial charge on any atom is 0.271 e. The van der Waals surface area contributed by atoms with E-state index in [9.17, 15) is 10.1 Å². The van der Waals surface area contributed by atoms with E-state index < -0.39 is 4.92 Å². The Morgan fingerprint density at radius 2 is 2.05 bits per heavy atom. The Morgan fingerprint density at radius 1 is 1.23 bits per heavy atom. The van der Waals surface area contributed by atoms with E-state index in [1.54, 1.807) is 28.9 Å². The van der Waals surface area contributed by atoms with Crippen molar-refractivity contribution in [1.82, 2.24) is 9.38 Å². The van der Waals surface area contributed by atoms with Crippen LogP contribution >= 0.6 is 23.2 Å². The molecule has 0 saturated carbocycles. The zero-order valence-corrected chi connectivity index (χ0v) is 12.6. The second kappa shape index (κ2) is 5.82. The molecule has 0 aliphatic rings. The van der Waals surface area contributed by atoms with Gasteiger partial charge in [0.2, 0.25) is 0 Å². The van der Waals surface area contributed by atoms with Crippen LogP contribution in [0.15, 0.2) is 42.7 Å². The van der Waals surface area contributed by atoms with Crippen molar-refractivity contribution in [3.8, 4) is 5.75 Å². The largest absolute Gasteiger partial charge is 0.486 e. The third kappa shape index (κ3) is 2.98. The van der Waals surface area contributed by atoms with Crippen LogP contribution in [-0.4, -0.2) is 14.3 Å². The molecule has 3 aromatic rings. The highest BCUT2D eigenvalue weighted by atomic mass is 35.5. The van der Waals surface area contributed by atoms with E-state index in [1.165, 1.54) is 18.2 Å². The quantitative estimate of drug-likeness (QED) is 0.530. The molecule has 1 aromatic carbocycles. The van der Waals surface area contributed by atoms with Gasteiger partial charge in [-0.2, -0.15) is 0 Å². The molecule has 3 rings (SSSR count). The molecule has 6 nitrogen and oxygen atoms in total. The summed E-state index contributed by atoms with van der Waals surface area (Å²) in [6.45, 7) is 0.191. The number of ether oxygens (including phenoxy) is 1. The fourth-order valence-electron chi connectivity index (χ4n) is 1.96. The molecule has 0 aliphatic carbocycles. The lowest BCUT2D eigenvalue weighted by Gasteiger charge is -2.05. The SMILES string of the molecule is O=[N+]([O-])c1ccc(OCc2cn3cc(Cl)ccc3n2)c(Cl)c1. The van der Waals surface area contributed by atoms with Gasteiger partial charge in [0.15, 0.2) is 0 Å². The number of pyridine rings is 1. The number of hydrogen-bond donors (Lipinski definition) is 0. The molecule has 0 spiro atoms. The predicted octanol–water partition coefficient (Wildman–Crippen LogP) is 4.13. The van der Waals surface area contributed by atoms with E-state index in [4.69, 9.17) is 27.9 Å². The van der Waals surface area contributed by atoms with Crippen LogP contribution in [0.25, 0.3) is 5.65 Å². The number of rotatable bonds is 4. The normalized spacial score (nSPS) is 10.8. The monoisotopic (exact) mass is 337 g/mol. The number of imidazole rings is 1. The van der Waals surface area contributed by atoms with E-state index >= 15 is 0 Å². The van der Waals surface area contributed by atoms with Gasteiger partial charge < -0.3 is 9.14 Å². The summed E-state index contributed by atoms with van der Waals surface area (Å²) in [4.78, 5) is 14.5. The van der Waals surface area contributed by atoms with Crippen molar-refractivity contribution in [3.05, 3.63) is 68.6 Å². The molecule has 22 heavy (non-hydrogen) atoms. The summed E-state index contributed by atoms with van der Waals surface area (Å²) < 4.78 is 7.34. The number of non-ortho nitro benzene ring substituents is 1. The molecule has 112 valence electrons. The first-order valence-electron chi connectivity index (χ1n) is 6.23. The standard InChI is InChI=1S/C14H9Cl2N3O3/c15-9-1-4-14-17-10(7-18(14)6-9)8-22-13-3-2-11(19(20)21)5-12(13)16/h1-7H,8H2. The summed E-state index contributed by atoms with van der Waals surface area (Å²) in [7, 11) is 0. The highest BCUT2D eigenvalue weighted by Crippen LogP contribution is 2.29. The van der Waals surface area contributed by atoms with Gasteiger partial charge in [-0.1, -0.05) is 23.2 Å². The van der Waals surface area contributed by atoms with Gasteiger partial charge >= 0.3 is 0 Å². The maximum absolute atomic E-state index is 10.7. The lowest BCUT2D eigenvalue weighted by molar-refractivity contribution is -0.384. The van der Waals surface area contributed by atoms with E-state index in [0.717, 1.165) is 5.65 Å². The number of benzene rings is 1. The summed E-state index contributed by atoms with van der Waals surface area (Å²) in [6, 6.07) is 7.60. The van der Waals surface area contributed by atoms with Crippen LogP contribution < -0.4 is 4.74 Å². The summed E-state index contributed by atoms with van der Waals surface area (Å²) >= 11 is 11.9. The topological polar surface area (TPSA) is 69.7 Å². The van der Waals surface area contributed by atoms with Crippen LogP contribution in [0.3, 0.4) is 0 Å². The number of fused-ring (bicyclic) bond motifs is 1. The highest BCUT2D eigenvalue weighted by Gasteiger charge is 2.11. The third-order valence-electron chi connectivity index (χ3n) is 2.97. The van der Waals surface area contributed by atoms with Crippen molar-refractivity contribution in [1.29, 1.82) is 0 Å². The fraction of sp³-hybridized carbons (Fsp3) is 0.0714. The van der Waals surface area contributed by atoms with Crippen molar-refractivity contribution in [2.45, 2.75) is 6.61 Å². The first kappa shape index (κ1) is 14.6. The fourth-order valence-corrected chi connectivity index (χ4v) is 2.36. The van der Waals surface area contributed by atoms with Crippen molar-refractivity contribution in [2.24, 2.45) is 0 Å². The van der Waals surface area contributed by atoms with Crippen molar-refractivity contribution >= 4 is 34.5 Å². The predicted molar refractivity (Wildman–Crippen MR) is 82.6 cm³/mol. The summed E-state index contributed by atoms with van der Waals surface area (Å²) in [5.41, 5.74) is 1.36. The Bertz CT molecular complexity index is 864. The Morgan fingerprint density at radius 3 is 2.77 bits per heavy atom. The van der Waals surface area contributed by atoms with Crippen molar-refractivity contribution < 1.29 is 9.66 Å². The molecule has 8 heteroatoms. The molecule has 0 atom stereocenters. The highest BCUT2D eigenvalue weighted by molar-refractivity contribution is 6.32. The lowest BCUT2D eigenvalue weighted by Crippen LogP contribution is -1.97. The number of halogens is 2. The average molecular weight is 338 g/mol. The molecule has 0 radical (unpaired) electrons. The summed E-state index contributed by atoms with van der Waals surface area (Å²) in [5, 5.41) is 11.4. The van der Waals surface area contributed by atoms with Gasteiger partial charge in [-0.05, 0) is 18.2 Å². The van der Waals surface area contributed by atoms with Gasteiger partial charge in [-0.25, -0.2) is 4.98 Å². The molecule has 2 aromatic heterocycles. The van der Waals surface area contributed by atoms with Crippen LogP contribution in [0.4, 0.5) is 5.69 Å². The average Bonchev–Trinajstić information content (AvgIpc) is 2.87. The first-order valence-corrected chi connectivity index (χ1v) is 6.98. The number of nitro groups is 1. The van der Waals surface area contributed by atoms with Crippen molar-refractivity contribution in [3.63, 3.8) is 0 Å². The number of nitrogens with zero attached hydrogens (tertiary/aromatic N) is 3. The van der Waals surface area contributed by atoms with Crippen LogP contribution in [0.2, 0.25) is 10.0 Å². The minimum Gasteiger partial charge on any atom is -0.486 e. The number of nitro benzene ring substituents is 1. The second-order valence-electron chi connectivity index (χ2n) is 4.51. The first-order chi connectivity index (χ1) is 10.5. The Balaban J connectivity index is 1.77. The van der Waals surface area contributed by atoms with Gasteiger partial charge in [0.25, 0.3) is 5.69 Å². The van der Waals surface area contributed by atoms with Gasteiger partial charge in [0, 0.05) is 24.5 Å². The maximum atomic E-state index is 10.7. The molecule has 0 aliphatic heterocycles. The van der Waals surface area contributed by atoms with E-state index in [-0.39, 0.29) is 17.3 Å². The van der Waals surface area contributed by atoms with Gasteiger partial charge in [0.1, 0.15) is 18.0 Å². The third-order valence-corrected chi connectivity index (χ3v) is 3.49. The van der Waals surface area contributed by atoms with Crippen LogP contribution in [0.1, 0.15) is 5.69 Å². The molecule has 0 saturated heterocycles. The zero-order valence-electron chi connectivity index (χ0n) is 11.1. The van der Waals surface area contributed by atoms with E-state index in [2.05, 4.69) is 4.98 Å².